The number of benzene rings is 1. The maximum Gasteiger partial charge on any atom is 0.0676 e. The van der Waals surface area contributed by atoms with Crippen LogP contribution in [-0.4, -0.2) is 4.98 Å². The second-order valence-corrected chi connectivity index (χ2v) is 4.59. The largest absolute Gasteiger partial charge is 0.397 e. The Kier molecular flexibility index (Phi) is 3.14. The molecule has 0 saturated heterocycles. The van der Waals surface area contributed by atoms with Crippen molar-refractivity contribution in [1.82, 2.24) is 4.98 Å². The molecular formula is C15H18N2. The summed E-state index contributed by atoms with van der Waals surface area (Å²) in [5.74, 6) is 0. The quantitative estimate of drug-likeness (QED) is 0.854. The lowest BCUT2D eigenvalue weighted by Gasteiger charge is -2.12. The van der Waals surface area contributed by atoms with Gasteiger partial charge in [-0.2, -0.15) is 0 Å². The van der Waals surface area contributed by atoms with Crippen molar-refractivity contribution in [2.45, 2.75) is 27.2 Å². The van der Waals surface area contributed by atoms with Crippen LogP contribution < -0.4 is 5.73 Å². The number of pyridine rings is 1. The fraction of sp³-hybridized carbons (Fsp3) is 0.267. The van der Waals surface area contributed by atoms with Crippen LogP contribution in [0.5, 0.6) is 0 Å². The smallest absolute Gasteiger partial charge is 0.0676 e. The zero-order valence-electron chi connectivity index (χ0n) is 10.6. The number of nitrogen functional groups attached to an aromatic ring is 1. The van der Waals surface area contributed by atoms with Crippen LogP contribution in [-0.2, 0) is 6.42 Å². The molecule has 1 aromatic carbocycles. The first-order valence-electron chi connectivity index (χ1n) is 5.84. The molecule has 1 aromatic heterocycles. The van der Waals surface area contributed by atoms with E-state index in [0.717, 1.165) is 17.8 Å². The number of hydrogen-bond acceptors (Lipinski definition) is 2. The lowest BCUT2D eigenvalue weighted by Crippen LogP contribution is -2.02. The van der Waals surface area contributed by atoms with E-state index in [4.69, 9.17) is 5.73 Å². The predicted octanol–water partition coefficient (Wildman–Crippen LogP) is 3.18. The molecule has 2 rings (SSSR count). The molecule has 0 aliphatic rings. The van der Waals surface area contributed by atoms with Crippen LogP contribution in [0.3, 0.4) is 0 Å². The van der Waals surface area contributed by atoms with Crippen molar-refractivity contribution >= 4 is 5.69 Å². The van der Waals surface area contributed by atoms with Crippen molar-refractivity contribution in [3.05, 3.63) is 58.4 Å². The van der Waals surface area contributed by atoms with Gasteiger partial charge >= 0.3 is 0 Å². The molecule has 1 heterocycles. The van der Waals surface area contributed by atoms with Crippen molar-refractivity contribution in [3.63, 3.8) is 0 Å². The predicted molar refractivity (Wildman–Crippen MR) is 72.1 cm³/mol. The normalized spacial score (nSPS) is 10.5. The minimum absolute atomic E-state index is 0.770. The van der Waals surface area contributed by atoms with Crippen molar-refractivity contribution in [3.8, 4) is 0 Å². The van der Waals surface area contributed by atoms with Gasteiger partial charge in [0.2, 0.25) is 0 Å². The van der Waals surface area contributed by atoms with E-state index in [-0.39, 0.29) is 0 Å². The second kappa shape index (κ2) is 4.58. The van der Waals surface area contributed by atoms with Gasteiger partial charge in [-0.3, -0.25) is 4.98 Å². The van der Waals surface area contributed by atoms with Crippen molar-refractivity contribution in [1.29, 1.82) is 0 Å². The highest BCUT2D eigenvalue weighted by Crippen LogP contribution is 2.21. The molecule has 0 spiro atoms. The number of anilines is 1. The Morgan fingerprint density at radius 1 is 1.12 bits per heavy atom. The van der Waals surface area contributed by atoms with Gasteiger partial charge in [0.15, 0.2) is 0 Å². The third-order valence-electron chi connectivity index (χ3n) is 3.11. The first-order valence-corrected chi connectivity index (χ1v) is 5.84. The van der Waals surface area contributed by atoms with Gasteiger partial charge in [0, 0.05) is 12.6 Å². The molecule has 0 aliphatic heterocycles. The van der Waals surface area contributed by atoms with Gasteiger partial charge in [-0.1, -0.05) is 17.7 Å². The number of nitrogens with zero attached hydrogens (tertiary/aromatic N) is 1. The molecule has 0 radical (unpaired) electrons. The third kappa shape index (κ3) is 2.47. The highest BCUT2D eigenvalue weighted by Gasteiger charge is 2.07. The number of nitrogens with two attached hydrogens (primary N) is 1. The lowest BCUT2D eigenvalue weighted by molar-refractivity contribution is 1.04. The zero-order chi connectivity index (χ0) is 12.4. The minimum atomic E-state index is 0.770. The van der Waals surface area contributed by atoms with Crippen molar-refractivity contribution in [2.24, 2.45) is 0 Å². The molecule has 0 atom stereocenters. The third-order valence-corrected chi connectivity index (χ3v) is 3.11. The first-order chi connectivity index (χ1) is 8.08. The molecule has 2 heteroatoms. The molecule has 0 amide bonds. The van der Waals surface area contributed by atoms with E-state index < -0.39 is 0 Å². The Balaban J connectivity index is 2.40. The highest BCUT2D eigenvalue weighted by atomic mass is 14.7. The number of hydrogen-bond donors (Lipinski definition) is 1. The topological polar surface area (TPSA) is 38.9 Å². The van der Waals surface area contributed by atoms with Crippen LogP contribution in [0.25, 0.3) is 0 Å². The van der Waals surface area contributed by atoms with Gasteiger partial charge in [0.1, 0.15) is 0 Å². The van der Waals surface area contributed by atoms with E-state index in [1.54, 1.807) is 6.20 Å². The Bertz CT molecular complexity index is 521. The summed E-state index contributed by atoms with van der Waals surface area (Å²) in [5, 5.41) is 0. The zero-order valence-corrected chi connectivity index (χ0v) is 10.6. The Labute approximate surface area is 103 Å². The summed E-state index contributed by atoms with van der Waals surface area (Å²) in [6, 6.07) is 8.19. The maximum atomic E-state index is 5.94. The number of aromatic nitrogens is 1. The maximum absolute atomic E-state index is 5.94. The second-order valence-electron chi connectivity index (χ2n) is 4.59. The van der Waals surface area contributed by atoms with Crippen LogP contribution >= 0.6 is 0 Å². The molecule has 0 saturated carbocycles. The monoisotopic (exact) mass is 226 g/mol. The molecule has 2 N–H and O–H groups in total. The van der Waals surface area contributed by atoms with E-state index in [2.05, 4.69) is 37.9 Å². The van der Waals surface area contributed by atoms with Gasteiger partial charge < -0.3 is 5.73 Å². The average Bonchev–Trinajstić information content (AvgIpc) is 2.25. The van der Waals surface area contributed by atoms with Crippen LogP contribution in [0.1, 0.15) is 27.9 Å². The molecule has 0 unspecified atom stereocenters. The highest BCUT2D eigenvalue weighted by molar-refractivity contribution is 5.47. The molecule has 0 aliphatic carbocycles. The van der Waals surface area contributed by atoms with Crippen molar-refractivity contribution in [2.75, 3.05) is 5.73 Å². The van der Waals surface area contributed by atoms with Gasteiger partial charge in [-0.25, -0.2) is 0 Å². The van der Waals surface area contributed by atoms with E-state index >= 15 is 0 Å². The Hall–Kier alpha value is -1.83. The summed E-state index contributed by atoms with van der Waals surface area (Å²) in [6.45, 7) is 6.42. The summed E-state index contributed by atoms with van der Waals surface area (Å²) < 4.78 is 0. The van der Waals surface area contributed by atoms with E-state index in [1.165, 1.54) is 22.3 Å². The molecule has 2 nitrogen and oxygen atoms in total. The standard InChI is InChI=1S/C15H18N2/c1-10-7-11(2)13(12(3)8-10)9-15-14(16)5-4-6-17-15/h4-8H,9,16H2,1-3H3. The lowest BCUT2D eigenvalue weighted by atomic mass is 9.96. The van der Waals surface area contributed by atoms with Crippen LogP contribution in [0.2, 0.25) is 0 Å². The van der Waals surface area contributed by atoms with Crippen LogP contribution in [0.4, 0.5) is 5.69 Å². The summed E-state index contributed by atoms with van der Waals surface area (Å²) in [6.07, 6.45) is 2.61. The van der Waals surface area contributed by atoms with Gasteiger partial charge in [0.25, 0.3) is 0 Å². The van der Waals surface area contributed by atoms with Gasteiger partial charge in [-0.15, -0.1) is 0 Å². The van der Waals surface area contributed by atoms with E-state index in [0.29, 0.717) is 0 Å². The molecule has 17 heavy (non-hydrogen) atoms. The SMILES string of the molecule is Cc1cc(C)c(Cc2ncccc2N)c(C)c1. The summed E-state index contributed by atoms with van der Waals surface area (Å²) in [5.41, 5.74) is 12.9. The van der Waals surface area contributed by atoms with Crippen LogP contribution in [0.15, 0.2) is 30.5 Å². The van der Waals surface area contributed by atoms with Gasteiger partial charge in [-0.05, 0) is 49.6 Å². The van der Waals surface area contributed by atoms with E-state index in [1.807, 2.05) is 12.1 Å². The first kappa shape index (κ1) is 11.6. The molecule has 2 aromatic rings. The fourth-order valence-corrected chi connectivity index (χ4v) is 2.25. The number of aryl methyl sites for hydroxylation is 3. The average molecular weight is 226 g/mol. The molecule has 0 fully saturated rings. The minimum Gasteiger partial charge on any atom is -0.397 e. The van der Waals surface area contributed by atoms with Gasteiger partial charge in [0.05, 0.1) is 11.4 Å². The van der Waals surface area contributed by atoms with Crippen LogP contribution in [0, 0.1) is 20.8 Å². The number of rotatable bonds is 2. The van der Waals surface area contributed by atoms with Crippen molar-refractivity contribution < 1.29 is 0 Å². The summed E-state index contributed by atoms with van der Waals surface area (Å²) in [7, 11) is 0. The molecule has 0 bridgehead atoms. The Morgan fingerprint density at radius 2 is 1.76 bits per heavy atom. The summed E-state index contributed by atoms with van der Waals surface area (Å²) in [4.78, 5) is 4.35. The fourth-order valence-electron chi connectivity index (χ4n) is 2.25. The van der Waals surface area contributed by atoms with E-state index in [9.17, 15) is 0 Å². The molecular weight excluding hydrogens is 208 g/mol. The molecule has 88 valence electrons. The summed E-state index contributed by atoms with van der Waals surface area (Å²) >= 11 is 0. The Morgan fingerprint density at radius 3 is 2.35 bits per heavy atom.